The number of aromatic nitrogens is 5. The molecule has 0 radical (unpaired) electrons. The van der Waals surface area contributed by atoms with Crippen LogP contribution in [0.3, 0.4) is 0 Å². The summed E-state index contributed by atoms with van der Waals surface area (Å²) >= 11 is 0. The molecular formula is C20H26N8O. The van der Waals surface area contributed by atoms with Crippen LogP contribution >= 0.6 is 0 Å². The van der Waals surface area contributed by atoms with Gasteiger partial charge in [-0.2, -0.15) is 10.1 Å². The molecule has 3 N–H and O–H groups in total. The summed E-state index contributed by atoms with van der Waals surface area (Å²) in [5, 5.41) is 18.0. The van der Waals surface area contributed by atoms with Gasteiger partial charge in [0.2, 0.25) is 5.89 Å². The normalized spacial score (nSPS) is 13.8. The average Bonchev–Trinajstić information content (AvgIpc) is 3.49. The average molecular weight is 394 g/mol. The molecule has 9 heteroatoms. The smallest absolute Gasteiger partial charge is 0.228 e. The van der Waals surface area contributed by atoms with E-state index in [2.05, 4.69) is 59.9 Å². The standard InChI is InChI=1S/C20H26N8O/c1-2-3-10-21-20-18(19-22-13-24-26-19)23-14-28(20)11-9-17-25-16(27-29-17)12-15-7-5-4-6-8-15/h4-8,13,21,23H,2-3,9-12,14H2,1H3,(H,22,24,26). The monoisotopic (exact) mass is 394 g/mol. The van der Waals surface area contributed by atoms with Crippen molar-refractivity contribution in [2.45, 2.75) is 32.6 Å². The van der Waals surface area contributed by atoms with Gasteiger partial charge in [-0.3, -0.25) is 5.10 Å². The van der Waals surface area contributed by atoms with Gasteiger partial charge >= 0.3 is 0 Å². The minimum atomic E-state index is 0.650. The lowest BCUT2D eigenvalue weighted by molar-refractivity contribution is 0.312. The Morgan fingerprint density at radius 3 is 2.93 bits per heavy atom. The van der Waals surface area contributed by atoms with Gasteiger partial charge in [-0.05, 0) is 12.0 Å². The van der Waals surface area contributed by atoms with Crippen molar-refractivity contribution in [2.24, 2.45) is 0 Å². The Bertz CT molecular complexity index is 919. The van der Waals surface area contributed by atoms with Gasteiger partial charge in [-0.1, -0.05) is 48.8 Å². The number of aromatic amines is 1. The van der Waals surface area contributed by atoms with Crippen LogP contribution in [0.15, 0.2) is 47.0 Å². The molecule has 152 valence electrons. The highest BCUT2D eigenvalue weighted by Crippen LogP contribution is 2.20. The van der Waals surface area contributed by atoms with E-state index in [1.165, 1.54) is 11.9 Å². The van der Waals surface area contributed by atoms with Crippen molar-refractivity contribution in [3.63, 3.8) is 0 Å². The van der Waals surface area contributed by atoms with Crippen LogP contribution in [0, 0.1) is 0 Å². The highest BCUT2D eigenvalue weighted by molar-refractivity contribution is 5.62. The van der Waals surface area contributed by atoms with Crippen LogP contribution in [-0.4, -0.2) is 50.0 Å². The van der Waals surface area contributed by atoms with Crippen molar-refractivity contribution in [3.05, 3.63) is 65.6 Å². The summed E-state index contributed by atoms with van der Waals surface area (Å²) in [5.41, 5.74) is 2.11. The molecule has 4 rings (SSSR count). The summed E-state index contributed by atoms with van der Waals surface area (Å²) in [6, 6.07) is 10.2. The molecule has 0 saturated heterocycles. The fourth-order valence-corrected chi connectivity index (χ4v) is 3.26. The molecule has 0 bridgehead atoms. The Morgan fingerprint density at radius 2 is 2.14 bits per heavy atom. The van der Waals surface area contributed by atoms with Gasteiger partial charge in [-0.15, -0.1) is 0 Å². The molecule has 9 nitrogen and oxygen atoms in total. The Hall–Kier alpha value is -3.36. The molecule has 3 aromatic rings. The van der Waals surface area contributed by atoms with E-state index in [0.717, 1.165) is 43.3 Å². The largest absolute Gasteiger partial charge is 0.370 e. The number of nitrogens with zero attached hydrogens (tertiary/aromatic N) is 5. The first-order valence-electron chi connectivity index (χ1n) is 10.0. The maximum atomic E-state index is 5.46. The van der Waals surface area contributed by atoms with Gasteiger partial charge in [0.25, 0.3) is 0 Å². The lowest BCUT2D eigenvalue weighted by Crippen LogP contribution is -2.32. The topological polar surface area (TPSA) is 108 Å². The molecule has 1 aromatic carbocycles. The maximum Gasteiger partial charge on any atom is 0.228 e. The SMILES string of the molecule is CCCCNC1=C(c2ncn[nH]2)NCN1CCc1nc(Cc2ccccc2)no1. The first-order chi connectivity index (χ1) is 14.3. The van der Waals surface area contributed by atoms with Gasteiger partial charge in [0.15, 0.2) is 11.6 Å². The number of hydrogen-bond acceptors (Lipinski definition) is 8. The minimum Gasteiger partial charge on any atom is -0.370 e. The quantitative estimate of drug-likeness (QED) is 0.448. The predicted molar refractivity (Wildman–Crippen MR) is 108 cm³/mol. The van der Waals surface area contributed by atoms with Gasteiger partial charge in [0, 0.05) is 25.9 Å². The van der Waals surface area contributed by atoms with Crippen molar-refractivity contribution in [2.75, 3.05) is 19.8 Å². The van der Waals surface area contributed by atoms with Crippen LogP contribution in [0.2, 0.25) is 0 Å². The molecule has 0 saturated carbocycles. The number of unbranched alkanes of at least 4 members (excludes halogenated alkanes) is 1. The molecule has 0 aliphatic carbocycles. The molecule has 0 amide bonds. The number of benzene rings is 1. The Labute approximate surface area is 169 Å². The number of nitrogens with one attached hydrogen (secondary N) is 3. The van der Waals surface area contributed by atoms with Crippen molar-refractivity contribution in [3.8, 4) is 0 Å². The maximum absolute atomic E-state index is 5.46. The fraction of sp³-hybridized carbons (Fsp3) is 0.400. The number of rotatable bonds is 10. The van der Waals surface area contributed by atoms with E-state index in [1.54, 1.807) is 0 Å². The Balaban J connectivity index is 1.39. The van der Waals surface area contributed by atoms with Crippen LogP contribution in [-0.2, 0) is 12.8 Å². The van der Waals surface area contributed by atoms with Gasteiger partial charge in [-0.25, -0.2) is 4.98 Å². The molecule has 0 unspecified atom stereocenters. The van der Waals surface area contributed by atoms with Gasteiger partial charge in [0.1, 0.15) is 17.8 Å². The van der Waals surface area contributed by atoms with Crippen LogP contribution in [0.25, 0.3) is 5.70 Å². The van der Waals surface area contributed by atoms with Crippen molar-refractivity contribution in [1.82, 2.24) is 40.9 Å². The van der Waals surface area contributed by atoms with Gasteiger partial charge in [0.05, 0.1) is 6.67 Å². The highest BCUT2D eigenvalue weighted by Gasteiger charge is 2.25. The highest BCUT2D eigenvalue weighted by atomic mass is 16.5. The van der Waals surface area contributed by atoms with E-state index < -0.39 is 0 Å². The zero-order valence-electron chi connectivity index (χ0n) is 16.6. The van der Waals surface area contributed by atoms with E-state index in [9.17, 15) is 0 Å². The summed E-state index contributed by atoms with van der Waals surface area (Å²) < 4.78 is 5.46. The lowest BCUT2D eigenvalue weighted by atomic mass is 10.1. The zero-order valence-corrected chi connectivity index (χ0v) is 16.6. The molecule has 1 aliphatic rings. The molecule has 0 spiro atoms. The van der Waals surface area contributed by atoms with Crippen molar-refractivity contribution < 1.29 is 4.52 Å². The predicted octanol–water partition coefficient (Wildman–Crippen LogP) is 1.90. The molecule has 29 heavy (non-hydrogen) atoms. The van der Waals surface area contributed by atoms with Gasteiger partial charge < -0.3 is 20.1 Å². The van der Waals surface area contributed by atoms with Crippen LogP contribution in [0.4, 0.5) is 0 Å². The summed E-state index contributed by atoms with van der Waals surface area (Å²) in [5.74, 6) is 3.12. The van der Waals surface area contributed by atoms with Crippen molar-refractivity contribution >= 4 is 5.70 Å². The second-order valence-corrected chi connectivity index (χ2v) is 6.95. The van der Waals surface area contributed by atoms with E-state index in [0.29, 0.717) is 31.2 Å². The van der Waals surface area contributed by atoms with Crippen LogP contribution < -0.4 is 10.6 Å². The van der Waals surface area contributed by atoms with E-state index in [4.69, 9.17) is 4.52 Å². The Morgan fingerprint density at radius 1 is 1.24 bits per heavy atom. The third-order valence-electron chi connectivity index (χ3n) is 4.79. The van der Waals surface area contributed by atoms with E-state index in [-0.39, 0.29) is 0 Å². The molecule has 1 aliphatic heterocycles. The minimum absolute atomic E-state index is 0.650. The summed E-state index contributed by atoms with van der Waals surface area (Å²) in [7, 11) is 0. The molecule has 2 aromatic heterocycles. The summed E-state index contributed by atoms with van der Waals surface area (Å²) in [6.07, 6.45) is 5.11. The first-order valence-corrected chi connectivity index (χ1v) is 10.0. The molecule has 0 fully saturated rings. The molecular weight excluding hydrogens is 368 g/mol. The summed E-state index contributed by atoms with van der Waals surface area (Å²) in [4.78, 5) is 11.1. The Kier molecular flexibility index (Phi) is 6.04. The van der Waals surface area contributed by atoms with Crippen molar-refractivity contribution in [1.29, 1.82) is 0 Å². The second kappa shape index (κ2) is 9.22. The second-order valence-electron chi connectivity index (χ2n) is 6.95. The number of H-pyrrole nitrogens is 1. The molecule has 3 heterocycles. The molecule has 0 atom stereocenters. The fourth-order valence-electron chi connectivity index (χ4n) is 3.26. The van der Waals surface area contributed by atoms with Crippen LogP contribution in [0.1, 0.15) is 42.9 Å². The van der Waals surface area contributed by atoms with E-state index >= 15 is 0 Å². The first kappa shape index (κ1) is 19.0. The van der Waals surface area contributed by atoms with Crippen LogP contribution in [0.5, 0.6) is 0 Å². The number of hydrogen-bond donors (Lipinski definition) is 3. The lowest BCUT2D eigenvalue weighted by Gasteiger charge is -2.21. The third-order valence-corrected chi connectivity index (χ3v) is 4.79. The van der Waals surface area contributed by atoms with E-state index in [1.807, 2.05) is 18.2 Å². The summed E-state index contributed by atoms with van der Waals surface area (Å²) in [6.45, 7) is 4.53. The zero-order chi connectivity index (χ0) is 19.9. The third kappa shape index (κ3) is 4.74.